The van der Waals surface area contributed by atoms with Gasteiger partial charge in [0.1, 0.15) is 11.4 Å². The molecule has 4 rings (SSSR count). The molecule has 36 heavy (non-hydrogen) atoms. The maximum Gasteiger partial charge on any atom is 0.267 e. The van der Waals surface area contributed by atoms with Gasteiger partial charge in [-0.25, -0.2) is 0 Å². The average molecular weight is 488 g/mol. The van der Waals surface area contributed by atoms with Crippen LogP contribution in [0.1, 0.15) is 52.2 Å². The van der Waals surface area contributed by atoms with Crippen LogP contribution in [0.5, 0.6) is 5.75 Å². The molecule has 0 saturated carbocycles. The fourth-order valence-electron chi connectivity index (χ4n) is 4.29. The summed E-state index contributed by atoms with van der Waals surface area (Å²) < 4.78 is 0. The van der Waals surface area contributed by atoms with Crippen LogP contribution in [-0.4, -0.2) is 38.8 Å². The van der Waals surface area contributed by atoms with Crippen molar-refractivity contribution in [3.05, 3.63) is 101 Å². The number of phenols is 1. The normalized spacial score (nSPS) is 13.0. The van der Waals surface area contributed by atoms with Gasteiger partial charge in [-0.2, -0.15) is 0 Å². The average Bonchev–Trinajstić information content (AvgIpc) is 3.34. The molecule has 1 heterocycles. The summed E-state index contributed by atoms with van der Waals surface area (Å²) in [6.07, 6.45) is 0.897. The topological polar surface area (TPSA) is 118 Å². The van der Waals surface area contributed by atoms with E-state index in [9.17, 15) is 20.1 Å². The third kappa shape index (κ3) is 6.31. The molecular weight excluding hydrogens is 454 g/mol. The number of hydrogen-bond acceptors (Lipinski definition) is 5. The number of aliphatic hydroxyl groups excluding tert-OH is 2. The van der Waals surface area contributed by atoms with E-state index in [-0.39, 0.29) is 24.3 Å². The Bertz CT molecular complexity index is 1300. The van der Waals surface area contributed by atoms with Crippen molar-refractivity contribution in [3.8, 4) is 5.75 Å². The SMILES string of the molecule is CCC(Cc1ccc2[nH]c(C(=O)NCc3ccccc3)cc2c1)NCC(O)c1ccc(O)c(CO)c1. The molecule has 188 valence electrons. The van der Waals surface area contributed by atoms with Gasteiger partial charge in [-0.1, -0.05) is 49.4 Å². The number of hydrogen-bond donors (Lipinski definition) is 6. The minimum atomic E-state index is -0.755. The van der Waals surface area contributed by atoms with Gasteiger partial charge in [0.15, 0.2) is 0 Å². The third-order valence-electron chi connectivity index (χ3n) is 6.46. The molecule has 7 heteroatoms. The number of aliphatic hydroxyl groups is 2. The molecule has 0 saturated heterocycles. The van der Waals surface area contributed by atoms with Gasteiger partial charge in [0, 0.05) is 35.6 Å². The van der Waals surface area contributed by atoms with E-state index in [0.717, 1.165) is 34.9 Å². The molecule has 1 aromatic heterocycles. The highest BCUT2D eigenvalue weighted by Gasteiger charge is 2.15. The fraction of sp³-hybridized carbons (Fsp3) is 0.276. The lowest BCUT2D eigenvalue weighted by Crippen LogP contribution is -2.34. The smallest absolute Gasteiger partial charge is 0.267 e. The highest BCUT2D eigenvalue weighted by molar-refractivity contribution is 5.98. The van der Waals surface area contributed by atoms with Crippen molar-refractivity contribution in [2.24, 2.45) is 0 Å². The van der Waals surface area contributed by atoms with Crippen LogP contribution in [-0.2, 0) is 19.6 Å². The monoisotopic (exact) mass is 487 g/mol. The number of amides is 1. The predicted octanol–water partition coefficient (Wildman–Crippen LogP) is 3.94. The third-order valence-corrected chi connectivity index (χ3v) is 6.46. The second-order valence-corrected chi connectivity index (χ2v) is 9.05. The summed E-state index contributed by atoms with van der Waals surface area (Å²) in [5.74, 6) is -0.123. The molecule has 2 atom stereocenters. The highest BCUT2D eigenvalue weighted by atomic mass is 16.3. The number of aromatic hydroxyl groups is 1. The van der Waals surface area contributed by atoms with E-state index in [4.69, 9.17) is 0 Å². The Morgan fingerprint density at radius 3 is 2.56 bits per heavy atom. The molecule has 2 unspecified atom stereocenters. The van der Waals surface area contributed by atoms with Crippen LogP contribution < -0.4 is 10.6 Å². The molecule has 1 amide bonds. The van der Waals surface area contributed by atoms with Crippen molar-refractivity contribution < 1.29 is 20.1 Å². The number of nitrogens with one attached hydrogen (secondary N) is 3. The molecular formula is C29H33N3O4. The number of carbonyl (C=O) groups is 1. The number of aromatic nitrogens is 1. The van der Waals surface area contributed by atoms with Crippen molar-refractivity contribution in [2.75, 3.05) is 6.54 Å². The quantitative estimate of drug-likeness (QED) is 0.192. The Labute approximate surface area is 210 Å². The van der Waals surface area contributed by atoms with Crippen LogP contribution >= 0.6 is 0 Å². The molecule has 7 nitrogen and oxygen atoms in total. The van der Waals surface area contributed by atoms with Gasteiger partial charge in [0.05, 0.1) is 12.7 Å². The Hall–Kier alpha value is -3.65. The lowest BCUT2D eigenvalue weighted by atomic mass is 10.0. The molecule has 0 spiro atoms. The van der Waals surface area contributed by atoms with Gasteiger partial charge in [-0.05, 0) is 59.9 Å². The first kappa shape index (κ1) is 25.4. The number of rotatable bonds is 11. The summed E-state index contributed by atoms with van der Waals surface area (Å²) in [7, 11) is 0. The maximum absolute atomic E-state index is 12.6. The number of aromatic amines is 1. The van der Waals surface area contributed by atoms with E-state index < -0.39 is 6.10 Å². The Morgan fingerprint density at radius 2 is 1.81 bits per heavy atom. The molecule has 0 aliphatic heterocycles. The molecule has 0 aliphatic carbocycles. The fourth-order valence-corrected chi connectivity index (χ4v) is 4.29. The molecule has 3 aromatic carbocycles. The maximum atomic E-state index is 12.6. The minimum absolute atomic E-state index is 0.0184. The summed E-state index contributed by atoms with van der Waals surface area (Å²) in [6, 6.07) is 22.7. The van der Waals surface area contributed by atoms with Gasteiger partial charge < -0.3 is 30.9 Å². The molecule has 0 radical (unpaired) electrons. The zero-order chi connectivity index (χ0) is 25.5. The van der Waals surface area contributed by atoms with Gasteiger partial charge >= 0.3 is 0 Å². The van der Waals surface area contributed by atoms with Crippen molar-refractivity contribution >= 4 is 16.8 Å². The van der Waals surface area contributed by atoms with Crippen LogP contribution in [0.4, 0.5) is 0 Å². The first-order valence-corrected chi connectivity index (χ1v) is 12.2. The number of H-pyrrole nitrogens is 1. The zero-order valence-electron chi connectivity index (χ0n) is 20.4. The Morgan fingerprint density at radius 1 is 1.00 bits per heavy atom. The van der Waals surface area contributed by atoms with Gasteiger partial charge in [0.2, 0.25) is 0 Å². The second kappa shape index (κ2) is 11.9. The van der Waals surface area contributed by atoms with E-state index in [1.807, 2.05) is 42.5 Å². The largest absolute Gasteiger partial charge is 0.508 e. The lowest BCUT2D eigenvalue weighted by Gasteiger charge is -2.20. The van der Waals surface area contributed by atoms with Crippen LogP contribution in [0.3, 0.4) is 0 Å². The van der Waals surface area contributed by atoms with Crippen LogP contribution in [0.2, 0.25) is 0 Å². The summed E-state index contributed by atoms with van der Waals surface area (Å²) in [6.45, 7) is 2.64. The number of carbonyl (C=O) groups excluding carboxylic acids is 1. The highest BCUT2D eigenvalue weighted by Crippen LogP contribution is 2.23. The van der Waals surface area contributed by atoms with E-state index in [2.05, 4.69) is 34.7 Å². The van der Waals surface area contributed by atoms with Gasteiger partial charge in [-0.15, -0.1) is 0 Å². The van der Waals surface area contributed by atoms with Crippen molar-refractivity contribution in [1.29, 1.82) is 0 Å². The molecule has 4 aromatic rings. The second-order valence-electron chi connectivity index (χ2n) is 9.05. The molecule has 0 aliphatic rings. The van der Waals surface area contributed by atoms with E-state index in [1.54, 1.807) is 12.1 Å². The number of fused-ring (bicyclic) bond motifs is 1. The molecule has 0 bridgehead atoms. The van der Waals surface area contributed by atoms with Crippen molar-refractivity contribution in [3.63, 3.8) is 0 Å². The van der Waals surface area contributed by atoms with Crippen LogP contribution in [0.15, 0.2) is 72.8 Å². The van der Waals surface area contributed by atoms with Crippen molar-refractivity contribution in [1.82, 2.24) is 15.6 Å². The summed E-state index contributed by atoms with van der Waals surface area (Å²) in [5.41, 5.74) is 4.66. The predicted molar refractivity (Wildman–Crippen MR) is 141 cm³/mol. The van der Waals surface area contributed by atoms with E-state index in [1.165, 1.54) is 6.07 Å². The van der Waals surface area contributed by atoms with Crippen molar-refractivity contribution in [2.45, 2.75) is 45.1 Å². The van der Waals surface area contributed by atoms with Crippen LogP contribution in [0, 0.1) is 0 Å². The first-order valence-electron chi connectivity index (χ1n) is 12.2. The molecule has 6 N–H and O–H groups in total. The van der Waals surface area contributed by atoms with Gasteiger partial charge in [0.25, 0.3) is 5.91 Å². The zero-order valence-corrected chi connectivity index (χ0v) is 20.4. The standard InChI is InChI=1S/C29H33N3O4/c1-2-24(30-17-28(35)21-9-11-27(34)23(14-21)18-33)13-20-8-10-25-22(12-20)15-26(32-25)29(36)31-16-19-6-4-3-5-7-19/h3-12,14-15,24,28,30,32-35H,2,13,16-18H2,1H3,(H,31,36). The molecule has 0 fully saturated rings. The van der Waals surface area contributed by atoms with E-state index >= 15 is 0 Å². The first-order chi connectivity index (χ1) is 17.5. The minimum Gasteiger partial charge on any atom is -0.508 e. The summed E-state index contributed by atoms with van der Waals surface area (Å²) >= 11 is 0. The summed E-state index contributed by atoms with van der Waals surface area (Å²) in [4.78, 5) is 15.8. The Kier molecular flexibility index (Phi) is 8.38. The summed E-state index contributed by atoms with van der Waals surface area (Å²) in [5, 5.41) is 37.0. The van der Waals surface area contributed by atoms with E-state index in [0.29, 0.717) is 29.9 Å². The van der Waals surface area contributed by atoms with Gasteiger partial charge in [-0.3, -0.25) is 4.79 Å². The lowest BCUT2D eigenvalue weighted by molar-refractivity contribution is 0.0946. The Balaban J connectivity index is 1.36. The number of benzene rings is 3. The van der Waals surface area contributed by atoms with Crippen LogP contribution in [0.25, 0.3) is 10.9 Å².